The number of carbonyl (C=O) groups excluding carboxylic acids is 1. The third kappa shape index (κ3) is 5.08. The number of hydrogen-bond acceptors (Lipinski definition) is 2. The van der Waals surface area contributed by atoms with Crippen LogP contribution in [-0.4, -0.2) is 19.3 Å². The highest BCUT2D eigenvalue weighted by Gasteiger charge is 2.01. The number of hydrogen-bond donors (Lipinski definition) is 2. The van der Waals surface area contributed by atoms with Crippen molar-refractivity contribution >= 4 is 6.03 Å². The van der Waals surface area contributed by atoms with Gasteiger partial charge < -0.3 is 15.4 Å². The molecule has 1 aromatic rings. The van der Waals surface area contributed by atoms with Crippen molar-refractivity contribution in [3.8, 4) is 5.75 Å². The molecule has 0 saturated heterocycles. The van der Waals surface area contributed by atoms with Gasteiger partial charge >= 0.3 is 6.03 Å². The number of rotatable bonds is 6. The van der Waals surface area contributed by atoms with Gasteiger partial charge in [0.15, 0.2) is 6.73 Å². The number of aryl methyl sites for hydroxylation is 2. The molecular formula is C14H22N2O2. The first kappa shape index (κ1) is 14.4. The number of ether oxygens (including phenoxy) is 1. The average Bonchev–Trinajstić information content (AvgIpc) is 2.32. The molecule has 0 fully saturated rings. The lowest BCUT2D eigenvalue weighted by Crippen LogP contribution is -2.38. The summed E-state index contributed by atoms with van der Waals surface area (Å²) in [6.07, 6.45) is 2.06. The molecule has 4 nitrogen and oxygen atoms in total. The SMILES string of the molecule is CCCCNC(=O)NCOc1ccc(C)cc1C. The zero-order valence-electron chi connectivity index (χ0n) is 11.4. The summed E-state index contributed by atoms with van der Waals surface area (Å²) in [7, 11) is 0. The van der Waals surface area contributed by atoms with Crippen molar-refractivity contribution in [2.75, 3.05) is 13.3 Å². The van der Waals surface area contributed by atoms with Crippen LogP contribution in [0.25, 0.3) is 0 Å². The van der Waals surface area contributed by atoms with Gasteiger partial charge in [0.25, 0.3) is 0 Å². The average molecular weight is 250 g/mol. The molecule has 2 N–H and O–H groups in total. The molecule has 4 heteroatoms. The summed E-state index contributed by atoms with van der Waals surface area (Å²) in [5.74, 6) is 0.800. The number of nitrogens with one attached hydrogen (secondary N) is 2. The molecular weight excluding hydrogens is 228 g/mol. The Labute approximate surface area is 109 Å². The molecule has 0 unspecified atom stereocenters. The molecule has 0 heterocycles. The molecule has 0 aliphatic heterocycles. The van der Waals surface area contributed by atoms with Crippen LogP contribution in [0.15, 0.2) is 18.2 Å². The summed E-state index contributed by atoms with van der Waals surface area (Å²) in [4.78, 5) is 11.3. The van der Waals surface area contributed by atoms with Crippen LogP contribution in [0.4, 0.5) is 4.79 Å². The summed E-state index contributed by atoms with van der Waals surface area (Å²) in [6, 6.07) is 5.77. The molecule has 0 aromatic heterocycles. The third-order valence-corrected chi connectivity index (χ3v) is 2.61. The molecule has 1 aromatic carbocycles. The number of urea groups is 1. The van der Waals surface area contributed by atoms with Crippen LogP contribution in [-0.2, 0) is 0 Å². The number of carbonyl (C=O) groups is 1. The largest absolute Gasteiger partial charge is 0.473 e. The van der Waals surface area contributed by atoms with Crippen LogP contribution < -0.4 is 15.4 Å². The van der Waals surface area contributed by atoms with Gasteiger partial charge in [0, 0.05) is 6.54 Å². The van der Waals surface area contributed by atoms with E-state index in [0.29, 0.717) is 6.54 Å². The van der Waals surface area contributed by atoms with Gasteiger partial charge in [0.2, 0.25) is 0 Å². The second kappa shape index (κ2) is 7.58. The molecule has 0 atom stereocenters. The van der Waals surface area contributed by atoms with E-state index in [-0.39, 0.29) is 12.8 Å². The van der Waals surface area contributed by atoms with Gasteiger partial charge in [-0.1, -0.05) is 31.0 Å². The van der Waals surface area contributed by atoms with Gasteiger partial charge in [0.1, 0.15) is 5.75 Å². The van der Waals surface area contributed by atoms with Gasteiger partial charge in [-0.2, -0.15) is 0 Å². The van der Waals surface area contributed by atoms with E-state index in [2.05, 4.69) is 23.6 Å². The molecule has 2 amide bonds. The fraction of sp³-hybridized carbons (Fsp3) is 0.500. The Morgan fingerprint density at radius 3 is 2.72 bits per heavy atom. The summed E-state index contributed by atoms with van der Waals surface area (Å²) >= 11 is 0. The smallest absolute Gasteiger partial charge is 0.317 e. The predicted molar refractivity (Wildman–Crippen MR) is 72.9 cm³/mol. The highest BCUT2D eigenvalue weighted by molar-refractivity contribution is 5.73. The molecule has 0 aliphatic rings. The molecule has 1 rings (SSSR count). The summed E-state index contributed by atoms with van der Waals surface area (Å²) in [6.45, 7) is 7.00. The van der Waals surface area contributed by atoms with Crippen LogP contribution in [0.3, 0.4) is 0 Å². The van der Waals surface area contributed by atoms with E-state index in [1.54, 1.807) is 0 Å². The number of unbranched alkanes of at least 4 members (excludes halogenated alkanes) is 1. The van der Waals surface area contributed by atoms with E-state index >= 15 is 0 Å². The molecule has 0 saturated carbocycles. The van der Waals surface area contributed by atoms with Crippen molar-refractivity contribution in [3.63, 3.8) is 0 Å². The lowest BCUT2D eigenvalue weighted by molar-refractivity contribution is 0.223. The van der Waals surface area contributed by atoms with Gasteiger partial charge in [0.05, 0.1) is 0 Å². The van der Waals surface area contributed by atoms with Crippen molar-refractivity contribution in [2.45, 2.75) is 33.6 Å². The third-order valence-electron chi connectivity index (χ3n) is 2.61. The Kier molecular flexibility index (Phi) is 6.05. The topological polar surface area (TPSA) is 50.4 Å². The maximum atomic E-state index is 11.3. The second-order valence-corrected chi connectivity index (χ2v) is 4.34. The normalized spacial score (nSPS) is 9.94. The lowest BCUT2D eigenvalue weighted by atomic mass is 10.1. The maximum absolute atomic E-state index is 11.3. The first-order chi connectivity index (χ1) is 8.63. The van der Waals surface area contributed by atoms with Crippen molar-refractivity contribution < 1.29 is 9.53 Å². The molecule has 0 bridgehead atoms. The fourth-order valence-electron chi connectivity index (χ4n) is 1.58. The summed E-state index contributed by atoms with van der Waals surface area (Å²) in [5.41, 5.74) is 2.27. The Bertz CT molecular complexity index is 391. The summed E-state index contributed by atoms with van der Waals surface area (Å²) < 4.78 is 5.50. The zero-order valence-corrected chi connectivity index (χ0v) is 11.4. The maximum Gasteiger partial charge on any atom is 0.317 e. The molecule has 100 valence electrons. The monoisotopic (exact) mass is 250 g/mol. The highest BCUT2D eigenvalue weighted by Crippen LogP contribution is 2.18. The second-order valence-electron chi connectivity index (χ2n) is 4.34. The van der Waals surface area contributed by atoms with E-state index < -0.39 is 0 Å². The van der Waals surface area contributed by atoms with Gasteiger partial charge in [-0.25, -0.2) is 4.79 Å². The first-order valence-electron chi connectivity index (χ1n) is 6.35. The molecule has 18 heavy (non-hydrogen) atoms. The number of amides is 2. The van der Waals surface area contributed by atoms with E-state index in [1.165, 1.54) is 5.56 Å². The standard InChI is InChI=1S/C14H22N2O2/c1-4-5-8-15-14(17)16-10-18-13-7-6-11(2)9-12(13)3/h6-7,9H,4-5,8,10H2,1-3H3,(H2,15,16,17). The van der Waals surface area contributed by atoms with Crippen molar-refractivity contribution in [1.82, 2.24) is 10.6 Å². The predicted octanol–water partition coefficient (Wildman–Crippen LogP) is 2.74. The molecule has 0 spiro atoms. The van der Waals surface area contributed by atoms with Gasteiger partial charge in [-0.3, -0.25) is 0 Å². The fourth-order valence-corrected chi connectivity index (χ4v) is 1.58. The zero-order chi connectivity index (χ0) is 13.4. The lowest BCUT2D eigenvalue weighted by Gasteiger charge is -2.11. The van der Waals surface area contributed by atoms with E-state index in [4.69, 9.17) is 4.74 Å². The molecule has 0 aliphatic carbocycles. The van der Waals surface area contributed by atoms with Crippen molar-refractivity contribution in [3.05, 3.63) is 29.3 Å². The summed E-state index contributed by atoms with van der Waals surface area (Å²) in [5, 5.41) is 5.42. The number of benzene rings is 1. The Balaban J connectivity index is 2.26. The van der Waals surface area contributed by atoms with Crippen molar-refractivity contribution in [1.29, 1.82) is 0 Å². The van der Waals surface area contributed by atoms with Crippen LogP contribution in [0.5, 0.6) is 5.75 Å². The molecule has 0 radical (unpaired) electrons. The Morgan fingerprint density at radius 2 is 2.06 bits per heavy atom. The van der Waals surface area contributed by atoms with E-state index in [0.717, 1.165) is 24.2 Å². The quantitative estimate of drug-likeness (QED) is 0.602. The van der Waals surface area contributed by atoms with Crippen LogP contribution in [0, 0.1) is 13.8 Å². The van der Waals surface area contributed by atoms with Crippen molar-refractivity contribution in [2.24, 2.45) is 0 Å². The highest BCUT2D eigenvalue weighted by atomic mass is 16.5. The van der Waals surface area contributed by atoms with Crippen LogP contribution in [0.1, 0.15) is 30.9 Å². The minimum absolute atomic E-state index is 0.182. The first-order valence-corrected chi connectivity index (χ1v) is 6.35. The van der Waals surface area contributed by atoms with Gasteiger partial charge in [-0.15, -0.1) is 0 Å². The van der Waals surface area contributed by atoms with E-state index in [9.17, 15) is 4.79 Å². The minimum atomic E-state index is -0.187. The van der Waals surface area contributed by atoms with E-state index in [1.807, 2.05) is 26.0 Å². The van der Waals surface area contributed by atoms with Crippen LogP contribution in [0.2, 0.25) is 0 Å². The minimum Gasteiger partial charge on any atom is -0.473 e. The van der Waals surface area contributed by atoms with Gasteiger partial charge in [-0.05, 0) is 31.9 Å². The van der Waals surface area contributed by atoms with Crippen LogP contribution >= 0.6 is 0 Å². The Hall–Kier alpha value is -1.71. The Morgan fingerprint density at radius 1 is 1.28 bits per heavy atom.